The van der Waals surface area contributed by atoms with Crippen LogP contribution in [0.3, 0.4) is 0 Å². The average Bonchev–Trinajstić information content (AvgIpc) is 3.12. The lowest BCUT2D eigenvalue weighted by molar-refractivity contribution is 0.0734. The van der Waals surface area contributed by atoms with E-state index >= 15 is 0 Å². The van der Waals surface area contributed by atoms with Crippen LogP contribution in [-0.2, 0) is 4.74 Å². The number of cyclic esters (lactones) is 1. The maximum Gasteiger partial charge on any atom is 0.415 e. The maximum atomic E-state index is 12.2. The molecule has 4 rings (SSSR count). The fraction of sp³-hybridized carbons (Fsp3) is 0.381. The summed E-state index contributed by atoms with van der Waals surface area (Å²) >= 11 is 0. The van der Waals surface area contributed by atoms with Crippen LogP contribution in [0, 0.1) is 10.9 Å². The van der Waals surface area contributed by atoms with Gasteiger partial charge in [-0.25, -0.2) is 10.3 Å². The molecule has 0 saturated carbocycles. The van der Waals surface area contributed by atoms with Crippen LogP contribution in [-0.4, -0.2) is 53.3 Å². The highest BCUT2D eigenvalue weighted by Gasteiger charge is 2.46. The normalized spacial score (nSPS) is 20.6. The molecule has 9 nitrogen and oxygen atoms in total. The van der Waals surface area contributed by atoms with Crippen LogP contribution in [0.2, 0.25) is 0 Å². The van der Waals surface area contributed by atoms with Crippen molar-refractivity contribution in [1.82, 2.24) is 4.98 Å². The predicted octanol–water partition coefficient (Wildman–Crippen LogP) is 3.39. The highest BCUT2D eigenvalue weighted by Crippen LogP contribution is 2.40. The standard InChI is InChI=1S/C21H23N5O4/c1-12(25-23)2-5-15(22)16-6-3-14(9-24-16)13-4-7-17-19(8-13)29-11-18-20(10-27)30-21(28)26(17)18/h3-4,6-9,12,18,20,22-23,27H,2,5,10-11H2,1H3. The second kappa shape index (κ2) is 8.19. The van der Waals surface area contributed by atoms with Crippen molar-refractivity contribution >= 4 is 17.5 Å². The summed E-state index contributed by atoms with van der Waals surface area (Å²) in [7, 11) is 0. The first kappa shape index (κ1) is 20.0. The number of amides is 1. The van der Waals surface area contributed by atoms with Crippen LogP contribution in [0.4, 0.5) is 10.5 Å². The molecule has 2 aliphatic heterocycles. The summed E-state index contributed by atoms with van der Waals surface area (Å²) in [5, 5.41) is 21.0. The first-order valence-corrected chi connectivity index (χ1v) is 9.80. The molecule has 2 aliphatic rings. The van der Waals surface area contributed by atoms with E-state index in [4.69, 9.17) is 20.4 Å². The molecule has 3 unspecified atom stereocenters. The Hall–Kier alpha value is -3.33. The van der Waals surface area contributed by atoms with E-state index in [0.717, 1.165) is 11.1 Å². The number of fused-ring (bicyclic) bond motifs is 3. The third-order valence-corrected chi connectivity index (χ3v) is 5.46. The van der Waals surface area contributed by atoms with E-state index in [1.807, 2.05) is 25.1 Å². The van der Waals surface area contributed by atoms with Crippen molar-refractivity contribution in [1.29, 1.82) is 10.9 Å². The van der Waals surface area contributed by atoms with Crippen molar-refractivity contribution in [2.45, 2.75) is 38.0 Å². The van der Waals surface area contributed by atoms with E-state index in [1.165, 1.54) is 4.90 Å². The molecule has 0 aliphatic carbocycles. The van der Waals surface area contributed by atoms with Crippen molar-refractivity contribution in [3.05, 3.63) is 42.2 Å². The van der Waals surface area contributed by atoms with Gasteiger partial charge in [-0.15, -0.1) is 0 Å². The highest BCUT2D eigenvalue weighted by atomic mass is 16.6. The van der Waals surface area contributed by atoms with E-state index in [2.05, 4.69) is 10.1 Å². The Labute approximate surface area is 173 Å². The van der Waals surface area contributed by atoms with Crippen LogP contribution in [0.1, 0.15) is 25.5 Å². The van der Waals surface area contributed by atoms with Gasteiger partial charge in [-0.05, 0) is 43.5 Å². The second-order valence-corrected chi connectivity index (χ2v) is 7.46. The van der Waals surface area contributed by atoms with E-state index in [-0.39, 0.29) is 25.3 Å². The molecule has 3 N–H and O–H groups in total. The number of pyridine rings is 1. The minimum atomic E-state index is -0.588. The number of carbonyl (C=O) groups excluding carboxylic acids is 1. The van der Waals surface area contributed by atoms with E-state index < -0.39 is 12.2 Å². The van der Waals surface area contributed by atoms with Gasteiger partial charge in [0.2, 0.25) is 0 Å². The van der Waals surface area contributed by atoms with Crippen LogP contribution < -0.4 is 9.64 Å². The summed E-state index contributed by atoms with van der Waals surface area (Å²) in [6.07, 6.45) is 1.81. The van der Waals surface area contributed by atoms with Gasteiger partial charge in [0.15, 0.2) is 6.10 Å². The van der Waals surface area contributed by atoms with Crippen LogP contribution in [0.15, 0.2) is 41.6 Å². The summed E-state index contributed by atoms with van der Waals surface area (Å²) in [6, 6.07) is 8.81. The monoisotopic (exact) mass is 409 g/mol. The number of hydrogen-bond acceptors (Lipinski definition) is 8. The van der Waals surface area contributed by atoms with Gasteiger partial charge in [0.05, 0.1) is 29.7 Å². The lowest BCUT2D eigenvalue weighted by Gasteiger charge is -2.31. The van der Waals surface area contributed by atoms with Crippen molar-refractivity contribution in [3.8, 4) is 16.9 Å². The van der Waals surface area contributed by atoms with Crippen LogP contribution >= 0.6 is 0 Å². The number of carbonyl (C=O) groups is 1. The van der Waals surface area contributed by atoms with Gasteiger partial charge in [0.25, 0.3) is 0 Å². The Bertz CT molecular complexity index is 978. The number of benzene rings is 1. The predicted molar refractivity (Wildman–Crippen MR) is 109 cm³/mol. The van der Waals surface area contributed by atoms with Crippen molar-refractivity contribution in [2.75, 3.05) is 18.1 Å². The highest BCUT2D eigenvalue weighted by molar-refractivity contribution is 5.97. The topological polar surface area (TPSA) is 132 Å². The molecule has 1 aromatic carbocycles. The molecule has 3 atom stereocenters. The Morgan fingerprint density at radius 2 is 2.17 bits per heavy atom. The van der Waals surface area contributed by atoms with Gasteiger partial charge in [0, 0.05) is 11.8 Å². The minimum Gasteiger partial charge on any atom is -0.489 e. The Kier molecular flexibility index (Phi) is 5.45. The zero-order valence-corrected chi connectivity index (χ0v) is 16.5. The lowest BCUT2D eigenvalue weighted by Crippen LogP contribution is -2.45. The van der Waals surface area contributed by atoms with Gasteiger partial charge < -0.3 is 20.0 Å². The number of aromatic nitrogens is 1. The molecule has 0 bridgehead atoms. The van der Waals surface area contributed by atoms with Gasteiger partial charge in [0.1, 0.15) is 18.4 Å². The van der Waals surface area contributed by atoms with Crippen molar-refractivity contribution in [2.24, 2.45) is 5.11 Å². The molecule has 1 fully saturated rings. The first-order chi connectivity index (χ1) is 14.5. The number of anilines is 1. The first-order valence-electron chi connectivity index (χ1n) is 9.80. The molecule has 156 valence electrons. The van der Waals surface area contributed by atoms with Crippen LogP contribution in [0.5, 0.6) is 5.75 Å². The third kappa shape index (κ3) is 3.63. The van der Waals surface area contributed by atoms with Gasteiger partial charge in [-0.1, -0.05) is 12.1 Å². The number of nitrogens with one attached hydrogen (secondary N) is 2. The Morgan fingerprint density at radius 3 is 2.87 bits per heavy atom. The van der Waals surface area contributed by atoms with Crippen molar-refractivity contribution < 1.29 is 19.4 Å². The number of aliphatic hydroxyl groups excluding tert-OH is 1. The van der Waals surface area contributed by atoms with Crippen molar-refractivity contribution in [3.63, 3.8) is 0 Å². The number of aliphatic hydroxyl groups is 1. The number of rotatable bonds is 7. The van der Waals surface area contributed by atoms with Gasteiger partial charge in [-0.3, -0.25) is 9.88 Å². The van der Waals surface area contributed by atoms with E-state index in [9.17, 15) is 9.90 Å². The zero-order chi connectivity index (χ0) is 21.3. The largest absolute Gasteiger partial charge is 0.489 e. The molecule has 30 heavy (non-hydrogen) atoms. The summed E-state index contributed by atoms with van der Waals surface area (Å²) in [5.74, 6) is 0.573. The maximum absolute atomic E-state index is 12.2. The Morgan fingerprint density at radius 1 is 1.37 bits per heavy atom. The van der Waals surface area contributed by atoms with E-state index in [0.29, 0.717) is 35.7 Å². The molecule has 0 spiro atoms. The minimum absolute atomic E-state index is 0.0970. The quantitative estimate of drug-likeness (QED) is 0.476. The summed E-state index contributed by atoms with van der Waals surface area (Å²) in [4.78, 5) is 18.1. The fourth-order valence-electron chi connectivity index (χ4n) is 3.66. The molecular formula is C21H23N5O4. The molecular weight excluding hydrogens is 386 g/mol. The summed E-state index contributed by atoms with van der Waals surface area (Å²) < 4.78 is 11.1. The summed E-state index contributed by atoms with van der Waals surface area (Å²) in [5.41, 5.74) is 10.4. The lowest BCUT2D eigenvalue weighted by atomic mass is 10.0. The molecule has 3 heterocycles. The van der Waals surface area contributed by atoms with Gasteiger partial charge in [-0.2, -0.15) is 5.11 Å². The number of ether oxygens (including phenoxy) is 2. The summed E-state index contributed by atoms with van der Waals surface area (Å²) in [6.45, 7) is 1.86. The fourth-order valence-corrected chi connectivity index (χ4v) is 3.66. The number of nitrogens with zero attached hydrogens (tertiary/aromatic N) is 3. The molecule has 1 amide bonds. The van der Waals surface area contributed by atoms with E-state index in [1.54, 1.807) is 18.3 Å². The Balaban J connectivity index is 1.52. The molecule has 2 aromatic rings. The third-order valence-electron chi connectivity index (χ3n) is 5.46. The van der Waals surface area contributed by atoms with Gasteiger partial charge >= 0.3 is 6.09 Å². The molecule has 0 radical (unpaired) electrons. The molecule has 1 saturated heterocycles. The smallest absolute Gasteiger partial charge is 0.415 e. The molecule has 9 heteroatoms. The second-order valence-electron chi connectivity index (χ2n) is 7.46. The SMILES string of the molecule is CC(CCC(=N)c1ccc(-c2ccc3c(c2)OCC2C(CO)OC(=O)N32)cn1)N=N. The molecule has 1 aromatic heterocycles. The average molecular weight is 409 g/mol. The number of hydrogen-bond donors (Lipinski definition) is 3. The zero-order valence-electron chi connectivity index (χ0n) is 16.5. The van der Waals surface area contributed by atoms with Crippen LogP contribution in [0.25, 0.3) is 11.1 Å².